The van der Waals surface area contributed by atoms with E-state index in [-0.39, 0.29) is 16.0 Å². The Kier molecular flexibility index (Phi) is 6.61. The van der Waals surface area contributed by atoms with Crippen LogP contribution in [0.15, 0.2) is 63.7 Å². The predicted octanol–water partition coefficient (Wildman–Crippen LogP) is 2.34. The minimum atomic E-state index is -4.18. The fraction of sp³-hybridized carbons (Fsp3) is 0.158. The van der Waals surface area contributed by atoms with E-state index >= 15 is 0 Å². The van der Waals surface area contributed by atoms with Crippen LogP contribution in [0.3, 0.4) is 0 Å². The van der Waals surface area contributed by atoms with Crippen molar-refractivity contribution in [2.45, 2.75) is 14.9 Å². The fourth-order valence-corrected chi connectivity index (χ4v) is 4.60. The Morgan fingerprint density at radius 3 is 2.19 bits per heavy atom. The van der Waals surface area contributed by atoms with Crippen molar-refractivity contribution < 1.29 is 27.5 Å². The minimum absolute atomic E-state index is 0.104. The van der Waals surface area contributed by atoms with Crippen LogP contribution in [0.4, 0.5) is 5.69 Å². The Morgan fingerprint density at radius 1 is 1.03 bits per heavy atom. The smallest absolute Gasteiger partial charge is 0.337 e. The monoisotopic (exact) mass is 462 g/mol. The molecule has 31 heavy (non-hydrogen) atoms. The summed E-state index contributed by atoms with van der Waals surface area (Å²) in [6.07, 6.45) is 1.53. The molecular weight excluding hydrogens is 444 g/mol. The number of nitrogens with one attached hydrogen (secondary N) is 1. The molecule has 0 aliphatic carbocycles. The molecule has 0 saturated heterocycles. The van der Waals surface area contributed by atoms with Gasteiger partial charge in [-0.1, -0.05) is 12.1 Å². The van der Waals surface area contributed by atoms with Crippen LogP contribution < -0.4 is 4.72 Å². The summed E-state index contributed by atoms with van der Waals surface area (Å²) in [5, 5.41) is 8.35. The van der Waals surface area contributed by atoms with Crippen molar-refractivity contribution in [1.29, 1.82) is 0 Å². The van der Waals surface area contributed by atoms with Crippen molar-refractivity contribution in [3.8, 4) is 0 Å². The summed E-state index contributed by atoms with van der Waals surface area (Å²) < 4.78 is 39.7. The van der Waals surface area contributed by atoms with Crippen LogP contribution in [0.1, 0.15) is 20.7 Å². The average molecular weight is 463 g/mol. The molecule has 12 heteroatoms. The molecule has 0 atom stereocenters. The standard InChI is InChI=1S/C19H18N4O6S2/c1-23-11-20-21-19(23)30-16-7-5-4-6-15(16)22-31(26,27)14-9-12(17(24)28-2)8-13(10-14)18(25)29-3/h4-11,22H,1-3H3. The SMILES string of the molecule is COC(=O)c1cc(C(=O)OC)cc(S(=O)(=O)Nc2ccccc2Sc2nncn2C)c1. The summed E-state index contributed by atoms with van der Waals surface area (Å²) in [5.41, 5.74) is 0.0821. The van der Waals surface area contributed by atoms with Crippen molar-refractivity contribution in [3.05, 3.63) is 59.9 Å². The van der Waals surface area contributed by atoms with Gasteiger partial charge in [0, 0.05) is 11.9 Å². The van der Waals surface area contributed by atoms with Gasteiger partial charge in [0.05, 0.1) is 35.9 Å². The lowest BCUT2D eigenvalue weighted by Gasteiger charge is -2.13. The van der Waals surface area contributed by atoms with Gasteiger partial charge in [-0.05, 0) is 42.1 Å². The van der Waals surface area contributed by atoms with E-state index in [4.69, 9.17) is 0 Å². The Labute approximate surface area is 182 Å². The number of hydrogen-bond donors (Lipinski definition) is 1. The average Bonchev–Trinajstić information content (AvgIpc) is 3.17. The number of benzene rings is 2. The Morgan fingerprint density at radius 2 is 1.65 bits per heavy atom. The van der Waals surface area contributed by atoms with Crippen molar-refractivity contribution >= 4 is 39.4 Å². The quantitative estimate of drug-likeness (QED) is 0.526. The fourth-order valence-electron chi connectivity index (χ4n) is 2.53. The van der Waals surface area contributed by atoms with Crippen molar-refractivity contribution in [2.75, 3.05) is 18.9 Å². The highest BCUT2D eigenvalue weighted by molar-refractivity contribution is 7.99. The number of methoxy groups -OCH3 is 2. The van der Waals surface area contributed by atoms with Crippen molar-refractivity contribution in [1.82, 2.24) is 14.8 Å². The number of para-hydroxylation sites is 1. The summed E-state index contributed by atoms with van der Waals surface area (Å²) >= 11 is 1.22. The highest BCUT2D eigenvalue weighted by Gasteiger charge is 2.22. The lowest BCUT2D eigenvalue weighted by Crippen LogP contribution is -2.16. The zero-order valence-corrected chi connectivity index (χ0v) is 18.4. The molecule has 0 bridgehead atoms. The molecule has 0 fully saturated rings. The molecule has 0 unspecified atom stereocenters. The van der Waals surface area contributed by atoms with Crippen LogP contribution in [-0.4, -0.2) is 49.3 Å². The lowest BCUT2D eigenvalue weighted by molar-refractivity contribution is 0.0598. The first kappa shape index (κ1) is 22.3. The number of rotatable bonds is 7. The van der Waals surface area contributed by atoms with Crippen LogP contribution in [0.25, 0.3) is 0 Å². The van der Waals surface area contributed by atoms with Crippen LogP contribution in [0.2, 0.25) is 0 Å². The molecule has 0 radical (unpaired) electrons. The highest BCUT2D eigenvalue weighted by Crippen LogP contribution is 2.33. The molecule has 0 aliphatic rings. The van der Waals surface area contributed by atoms with Crippen LogP contribution in [0, 0.1) is 0 Å². The molecular formula is C19H18N4O6S2. The number of esters is 2. The molecule has 0 aliphatic heterocycles. The van der Waals surface area contributed by atoms with E-state index < -0.39 is 22.0 Å². The maximum absolute atomic E-state index is 13.1. The van der Waals surface area contributed by atoms with Crippen molar-refractivity contribution in [2.24, 2.45) is 7.05 Å². The third kappa shape index (κ3) is 5.03. The van der Waals surface area contributed by atoms with Gasteiger partial charge in [0.2, 0.25) is 0 Å². The number of anilines is 1. The molecule has 0 amide bonds. The van der Waals surface area contributed by atoms with Crippen LogP contribution >= 0.6 is 11.8 Å². The summed E-state index contributed by atoms with van der Waals surface area (Å²) in [7, 11) is -0.105. The third-order valence-corrected chi connectivity index (χ3v) is 6.53. The van der Waals surface area contributed by atoms with Crippen LogP contribution in [0.5, 0.6) is 0 Å². The summed E-state index contributed by atoms with van der Waals surface area (Å²) in [6.45, 7) is 0. The van der Waals surface area contributed by atoms with E-state index in [0.29, 0.717) is 15.7 Å². The maximum Gasteiger partial charge on any atom is 0.337 e. The van der Waals surface area contributed by atoms with E-state index in [2.05, 4.69) is 24.4 Å². The number of ether oxygens (including phenoxy) is 2. The molecule has 0 spiro atoms. The van der Waals surface area contributed by atoms with Gasteiger partial charge in [0.15, 0.2) is 5.16 Å². The van der Waals surface area contributed by atoms with E-state index in [9.17, 15) is 18.0 Å². The van der Waals surface area contributed by atoms with Gasteiger partial charge < -0.3 is 14.0 Å². The van der Waals surface area contributed by atoms with E-state index in [1.165, 1.54) is 24.2 Å². The first-order valence-electron chi connectivity index (χ1n) is 8.70. The zero-order valence-electron chi connectivity index (χ0n) is 16.7. The summed E-state index contributed by atoms with van der Waals surface area (Å²) in [6, 6.07) is 10.2. The number of aryl methyl sites for hydroxylation is 1. The second-order valence-corrected chi connectivity index (χ2v) is 8.85. The second-order valence-electron chi connectivity index (χ2n) is 6.16. The molecule has 2 aromatic carbocycles. The molecule has 3 rings (SSSR count). The Balaban J connectivity index is 2.00. The highest BCUT2D eigenvalue weighted by atomic mass is 32.2. The van der Waals surface area contributed by atoms with E-state index in [1.807, 2.05) is 0 Å². The van der Waals surface area contributed by atoms with Gasteiger partial charge in [-0.25, -0.2) is 18.0 Å². The number of carbonyl (C=O) groups is 2. The van der Waals surface area contributed by atoms with Crippen LogP contribution in [-0.2, 0) is 26.5 Å². The minimum Gasteiger partial charge on any atom is -0.465 e. The van der Waals surface area contributed by atoms with Gasteiger partial charge in [-0.15, -0.1) is 10.2 Å². The Hall–Kier alpha value is -3.38. The topological polar surface area (TPSA) is 129 Å². The van der Waals surface area contributed by atoms with Gasteiger partial charge in [0.25, 0.3) is 10.0 Å². The number of sulfonamides is 1. The molecule has 0 saturated carbocycles. The zero-order chi connectivity index (χ0) is 22.6. The summed E-state index contributed by atoms with van der Waals surface area (Å²) in [5.74, 6) is -1.58. The van der Waals surface area contributed by atoms with Gasteiger partial charge in [-0.3, -0.25) is 4.72 Å². The second kappa shape index (κ2) is 9.18. The Bertz CT molecular complexity index is 1210. The number of carbonyl (C=O) groups excluding carboxylic acids is 2. The first-order chi connectivity index (χ1) is 14.7. The van der Waals surface area contributed by atoms with E-state index in [1.54, 1.807) is 35.9 Å². The number of hydrogen-bond acceptors (Lipinski definition) is 9. The molecule has 1 aromatic heterocycles. The van der Waals surface area contributed by atoms with Gasteiger partial charge in [0.1, 0.15) is 6.33 Å². The van der Waals surface area contributed by atoms with Gasteiger partial charge >= 0.3 is 11.9 Å². The molecule has 10 nitrogen and oxygen atoms in total. The van der Waals surface area contributed by atoms with Gasteiger partial charge in [-0.2, -0.15) is 0 Å². The largest absolute Gasteiger partial charge is 0.465 e. The maximum atomic E-state index is 13.1. The van der Waals surface area contributed by atoms with Crippen molar-refractivity contribution in [3.63, 3.8) is 0 Å². The van der Waals surface area contributed by atoms with E-state index in [0.717, 1.165) is 26.4 Å². The lowest BCUT2D eigenvalue weighted by atomic mass is 10.1. The number of nitrogens with zero attached hydrogens (tertiary/aromatic N) is 3. The number of aromatic nitrogens is 3. The molecule has 1 N–H and O–H groups in total. The first-order valence-corrected chi connectivity index (χ1v) is 11.0. The molecule has 1 heterocycles. The molecule has 3 aromatic rings. The molecule has 162 valence electrons. The third-order valence-electron chi connectivity index (χ3n) is 4.06. The predicted molar refractivity (Wildman–Crippen MR) is 111 cm³/mol. The normalized spacial score (nSPS) is 11.1. The summed E-state index contributed by atoms with van der Waals surface area (Å²) in [4.78, 5) is 24.2.